The SMILES string of the molecule is CCCNCC(C)(C)CCc1cc(F)c(F)cc1F. The van der Waals surface area contributed by atoms with Crippen LogP contribution in [0.15, 0.2) is 12.1 Å². The van der Waals surface area contributed by atoms with Gasteiger partial charge in [0.05, 0.1) is 0 Å². The van der Waals surface area contributed by atoms with Gasteiger partial charge in [-0.1, -0.05) is 20.8 Å². The molecule has 0 atom stereocenters. The molecule has 0 saturated carbocycles. The van der Waals surface area contributed by atoms with Crippen LogP contribution in [-0.4, -0.2) is 13.1 Å². The topological polar surface area (TPSA) is 12.0 Å². The number of hydrogen-bond acceptors (Lipinski definition) is 1. The van der Waals surface area contributed by atoms with Crippen LogP contribution in [0.25, 0.3) is 0 Å². The third-order valence-electron chi connectivity index (χ3n) is 3.19. The maximum absolute atomic E-state index is 13.5. The number of aryl methyl sites for hydroxylation is 1. The zero-order chi connectivity index (χ0) is 14.5. The Morgan fingerprint density at radius 1 is 1.05 bits per heavy atom. The van der Waals surface area contributed by atoms with Crippen LogP contribution < -0.4 is 5.32 Å². The van der Waals surface area contributed by atoms with Gasteiger partial charge in [-0.2, -0.15) is 0 Å². The van der Waals surface area contributed by atoms with E-state index in [2.05, 4.69) is 26.1 Å². The summed E-state index contributed by atoms with van der Waals surface area (Å²) in [6, 6.07) is 1.58. The van der Waals surface area contributed by atoms with Crippen molar-refractivity contribution in [3.8, 4) is 0 Å². The first-order valence-electron chi connectivity index (χ1n) is 6.70. The third kappa shape index (κ3) is 5.23. The number of nitrogens with one attached hydrogen (secondary N) is 1. The molecule has 0 spiro atoms. The Morgan fingerprint density at radius 2 is 1.68 bits per heavy atom. The summed E-state index contributed by atoms with van der Waals surface area (Å²) in [4.78, 5) is 0. The van der Waals surface area contributed by atoms with Crippen LogP contribution in [0.5, 0.6) is 0 Å². The largest absolute Gasteiger partial charge is 0.316 e. The van der Waals surface area contributed by atoms with E-state index in [4.69, 9.17) is 0 Å². The van der Waals surface area contributed by atoms with Crippen molar-refractivity contribution in [2.24, 2.45) is 5.41 Å². The lowest BCUT2D eigenvalue weighted by molar-refractivity contribution is 0.313. The third-order valence-corrected chi connectivity index (χ3v) is 3.19. The second-order valence-electron chi connectivity index (χ2n) is 5.70. The van der Waals surface area contributed by atoms with Crippen molar-refractivity contribution in [2.75, 3.05) is 13.1 Å². The van der Waals surface area contributed by atoms with Crippen LogP contribution in [-0.2, 0) is 6.42 Å². The smallest absolute Gasteiger partial charge is 0.161 e. The van der Waals surface area contributed by atoms with E-state index >= 15 is 0 Å². The average Bonchev–Trinajstić information content (AvgIpc) is 2.32. The highest BCUT2D eigenvalue weighted by molar-refractivity contribution is 5.20. The minimum Gasteiger partial charge on any atom is -0.316 e. The second kappa shape index (κ2) is 6.94. The summed E-state index contributed by atoms with van der Waals surface area (Å²) in [5, 5.41) is 3.32. The van der Waals surface area contributed by atoms with Crippen LogP contribution in [0.4, 0.5) is 13.2 Å². The van der Waals surface area contributed by atoms with Crippen molar-refractivity contribution in [1.82, 2.24) is 5.32 Å². The molecule has 1 aromatic rings. The van der Waals surface area contributed by atoms with Crippen molar-refractivity contribution in [3.05, 3.63) is 35.1 Å². The van der Waals surface area contributed by atoms with Crippen LogP contribution in [0.3, 0.4) is 0 Å². The molecule has 1 aromatic carbocycles. The zero-order valence-corrected chi connectivity index (χ0v) is 11.8. The molecule has 1 nitrogen and oxygen atoms in total. The molecule has 1 rings (SSSR count). The first kappa shape index (κ1) is 16.0. The molecule has 0 bridgehead atoms. The molecule has 108 valence electrons. The van der Waals surface area contributed by atoms with Crippen molar-refractivity contribution in [2.45, 2.75) is 40.0 Å². The van der Waals surface area contributed by atoms with E-state index < -0.39 is 17.5 Å². The molecule has 0 fully saturated rings. The van der Waals surface area contributed by atoms with Gasteiger partial charge in [0.25, 0.3) is 0 Å². The van der Waals surface area contributed by atoms with Gasteiger partial charge in [0.1, 0.15) is 5.82 Å². The number of rotatable bonds is 7. The van der Waals surface area contributed by atoms with Crippen LogP contribution >= 0.6 is 0 Å². The van der Waals surface area contributed by atoms with E-state index in [1.165, 1.54) is 0 Å². The molecule has 0 amide bonds. The number of hydrogen-bond donors (Lipinski definition) is 1. The summed E-state index contributed by atoms with van der Waals surface area (Å²) < 4.78 is 39.4. The molecule has 0 aliphatic carbocycles. The molecule has 0 saturated heterocycles. The Hall–Kier alpha value is -1.03. The van der Waals surface area contributed by atoms with Gasteiger partial charge >= 0.3 is 0 Å². The maximum atomic E-state index is 13.5. The van der Waals surface area contributed by atoms with Crippen LogP contribution in [0, 0.1) is 22.9 Å². The van der Waals surface area contributed by atoms with Crippen LogP contribution in [0.2, 0.25) is 0 Å². The zero-order valence-electron chi connectivity index (χ0n) is 11.8. The lowest BCUT2D eigenvalue weighted by atomic mass is 9.86. The molecule has 0 aliphatic rings. The summed E-state index contributed by atoms with van der Waals surface area (Å²) in [5.74, 6) is -2.79. The van der Waals surface area contributed by atoms with Gasteiger partial charge in [-0.15, -0.1) is 0 Å². The molecular formula is C15H22F3N. The quantitative estimate of drug-likeness (QED) is 0.583. The van der Waals surface area contributed by atoms with E-state index in [0.29, 0.717) is 18.9 Å². The predicted molar refractivity (Wildman–Crippen MR) is 71.6 cm³/mol. The van der Waals surface area contributed by atoms with Crippen molar-refractivity contribution < 1.29 is 13.2 Å². The molecule has 0 aromatic heterocycles. The molecule has 4 heteroatoms. The number of halogens is 3. The molecular weight excluding hydrogens is 251 g/mol. The summed E-state index contributed by atoms with van der Waals surface area (Å²) in [6.45, 7) is 8.02. The minimum atomic E-state index is -1.13. The minimum absolute atomic E-state index is 0.00747. The second-order valence-corrected chi connectivity index (χ2v) is 5.70. The Morgan fingerprint density at radius 3 is 2.32 bits per heavy atom. The fourth-order valence-electron chi connectivity index (χ4n) is 1.92. The lowest BCUT2D eigenvalue weighted by Crippen LogP contribution is -2.30. The molecule has 0 radical (unpaired) electrons. The molecule has 19 heavy (non-hydrogen) atoms. The molecule has 0 unspecified atom stereocenters. The van der Waals surface area contributed by atoms with Crippen molar-refractivity contribution in [1.29, 1.82) is 0 Å². The Balaban J connectivity index is 2.58. The molecule has 0 heterocycles. The van der Waals surface area contributed by atoms with E-state index in [1.807, 2.05) is 0 Å². The summed E-state index contributed by atoms with van der Waals surface area (Å²) in [5.41, 5.74) is 0.231. The summed E-state index contributed by atoms with van der Waals surface area (Å²) in [6.07, 6.45) is 2.18. The van der Waals surface area contributed by atoms with E-state index in [1.54, 1.807) is 0 Å². The highest BCUT2D eigenvalue weighted by Gasteiger charge is 2.19. The van der Waals surface area contributed by atoms with Gasteiger partial charge < -0.3 is 5.32 Å². The van der Waals surface area contributed by atoms with Gasteiger partial charge in [0.2, 0.25) is 0 Å². The van der Waals surface area contributed by atoms with Gasteiger partial charge in [-0.05, 0) is 42.9 Å². The van der Waals surface area contributed by atoms with Crippen LogP contribution in [0.1, 0.15) is 39.2 Å². The highest BCUT2D eigenvalue weighted by Crippen LogP contribution is 2.24. The predicted octanol–water partition coefficient (Wildman–Crippen LogP) is 4.06. The first-order chi connectivity index (χ1) is 8.85. The number of benzene rings is 1. The Labute approximate surface area is 113 Å². The van der Waals surface area contributed by atoms with Crippen molar-refractivity contribution >= 4 is 0 Å². The summed E-state index contributed by atoms with van der Waals surface area (Å²) >= 11 is 0. The normalized spacial score (nSPS) is 11.9. The van der Waals surface area contributed by atoms with E-state index in [0.717, 1.165) is 25.6 Å². The van der Waals surface area contributed by atoms with E-state index in [-0.39, 0.29) is 11.0 Å². The fraction of sp³-hybridized carbons (Fsp3) is 0.600. The average molecular weight is 273 g/mol. The monoisotopic (exact) mass is 273 g/mol. The van der Waals surface area contributed by atoms with Crippen molar-refractivity contribution in [3.63, 3.8) is 0 Å². The molecule has 1 N–H and O–H groups in total. The van der Waals surface area contributed by atoms with Gasteiger partial charge in [-0.25, -0.2) is 13.2 Å². The van der Waals surface area contributed by atoms with Gasteiger partial charge in [-0.3, -0.25) is 0 Å². The lowest BCUT2D eigenvalue weighted by Gasteiger charge is -2.25. The Kier molecular flexibility index (Phi) is 5.85. The summed E-state index contributed by atoms with van der Waals surface area (Å²) in [7, 11) is 0. The molecule has 0 aliphatic heterocycles. The van der Waals surface area contributed by atoms with Gasteiger partial charge in [0.15, 0.2) is 11.6 Å². The van der Waals surface area contributed by atoms with E-state index in [9.17, 15) is 13.2 Å². The standard InChI is InChI=1S/C15H22F3N/c1-4-7-19-10-15(2,3)6-5-11-8-13(17)14(18)9-12(11)16/h8-9,19H,4-7,10H2,1-3H3. The van der Waals surface area contributed by atoms with Gasteiger partial charge in [0, 0.05) is 12.6 Å². The first-order valence-corrected chi connectivity index (χ1v) is 6.70. The highest BCUT2D eigenvalue weighted by atomic mass is 19.2. The fourth-order valence-corrected chi connectivity index (χ4v) is 1.92. The Bertz CT molecular complexity index is 416. The maximum Gasteiger partial charge on any atom is 0.161 e.